The number of carbonyl (C=O) groups excluding carboxylic acids is 3. The van der Waals surface area contributed by atoms with Crippen molar-refractivity contribution in [1.29, 1.82) is 0 Å². The molecule has 0 aromatic heterocycles. The first-order chi connectivity index (χ1) is 8.18. The molecule has 5 heteroatoms. The number of amides is 3. The number of hydrogen-bond donors (Lipinski definition) is 1. The predicted molar refractivity (Wildman–Crippen MR) is 57.8 cm³/mol. The van der Waals surface area contributed by atoms with E-state index >= 15 is 0 Å². The fourth-order valence-electron chi connectivity index (χ4n) is 1.84. The first-order valence-corrected chi connectivity index (χ1v) is 5.47. The Morgan fingerprint density at radius 2 is 1.65 bits per heavy atom. The third-order valence-electron chi connectivity index (χ3n) is 2.96. The van der Waals surface area contributed by atoms with E-state index in [1.807, 2.05) is 0 Å². The van der Waals surface area contributed by atoms with Gasteiger partial charge in [0.2, 0.25) is 5.91 Å². The van der Waals surface area contributed by atoms with Gasteiger partial charge in [0.25, 0.3) is 11.8 Å². The summed E-state index contributed by atoms with van der Waals surface area (Å²) in [4.78, 5) is 35.3. The molecule has 1 aromatic rings. The maximum absolute atomic E-state index is 11.9. The van der Waals surface area contributed by atoms with Crippen LogP contribution < -0.4 is 5.43 Å². The van der Waals surface area contributed by atoms with Gasteiger partial charge in [-0.25, -0.2) is 0 Å². The second-order valence-electron chi connectivity index (χ2n) is 4.24. The first kappa shape index (κ1) is 10.0. The number of benzene rings is 1. The summed E-state index contributed by atoms with van der Waals surface area (Å²) in [5.41, 5.74) is 3.07. The summed E-state index contributed by atoms with van der Waals surface area (Å²) in [6.07, 6.45) is 1.66. The molecule has 2 aliphatic rings. The van der Waals surface area contributed by atoms with Crippen molar-refractivity contribution in [3.8, 4) is 0 Å². The fourth-order valence-corrected chi connectivity index (χ4v) is 1.84. The second-order valence-corrected chi connectivity index (χ2v) is 4.24. The monoisotopic (exact) mass is 230 g/mol. The Kier molecular flexibility index (Phi) is 2.01. The number of carbonyl (C=O) groups is 3. The van der Waals surface area contributed by atoms with E-state index in [0.717, 1.165) is 17.9 Å². The van der Waals surface area contributed by atoms with Crippen LogP contribution >= 0.6 is 0 Å². The van der Waals surface area contributed by atoms with Crippen molar-refractivity contribution in [2.24, 2.45) is 5.92 Å². The van der Waals surface area contributed by atoms with Crippen molar-refractivity contribution in [1.82, 2.24) is 10.4 Å². The zero-order valence-corrected chi connectivity index (χ0v) is 8.97. The van der Waals surface area contributed by atoms with E-state index in [1.165, 1.54) is 0 Å². The molecule has 1 aliphatic heterocycles. The van der Waals surface area contributed by atoms with Gasteiger partial charge in [-0.3, -0.25) is 19.8 Å². The van der Waals surface area contributed by atoms with Crippen LogP contribution in [-0.4, -0.2) is 22.7 Å². The molecule has 0 bridgehead atoms. The molecule has 1 heterocycles. The van der Waals surface area contributed by atoms with Crippen molar-refractivity contribution in [3.05, 3.63) is 35.4 Å². The molecule has 0 spiro atoms. The molecular weight excluding hydrogens is 220 g/mol. The predicted octanol–water partition coefficient (Wildman–Crippen LogP) is 0.724. The van der Waals surface area contributed by atoms with Crippen LogP contribution in [0.25, 0.3) is 0 Å². The molecule has 1 N–H and O–H groups in total. The lowest BCUT2D eigenvalue weighted by molar-refractivity contribution is -0.125. The summed E-state index contributed by atoms with van der Waals surface area (Å²) >= 11 is 0. The van der Waals surface area contributed by atoms with Gasteiger partial charge in [0.05, 0.1) is 11.1 Å². The van der Waals surface area contributed by atoms with Gasteiger partial charge in [-0.05, 0) is 25.0 Å². The first-order valence-electron chi connectivity index (χ1n) is 5.47. The Bertz CT molecular complexity index is 499. The molecule has 0 atom stereocenters. The molecule has 1 saturated carbocycles. The van der Waals surface area contributed by atoms with E-state index in [0.29, 0.717) is 11.1 Å². The largest absolute Gasteiger partial charge is 0.280 e. The smallest absolute Gasteiger partial charge is 0.273 e. The quantitative estimate of drug-likeness (QED) is 0.761. The van der Waals surface area contributed by atoms with Crippen LogP contribution in [0, 0.1) is 5.92 Å². The maximum Gasteiger partial charge on any atom is 0.280 e. The second kappa shape index (κ2) is 3.41. The van der Waals surface area contributed by atoms with Crippen LogP contribution in [-0.2, 0) is 4.79 Å². The summed E-state index contributed by atoms with van der Waals surface area (Å²) < 4.78 is 0. The third-order valence-corrected chi connectivity index (χ3v) is 2.96. The van der Waals surface area contributed by atoms with Gasteiger partial charge >= 0.3 is 0 Å². The molecular formula is C12H10N2O3. The van der Waals surface area contributed by atoms with Gasteiger partial charge in [-0.2, -0.15) is 5.01 Å². The van der Waals surface area contributed by atoms with Crippen LogP contribution in [0.4, 0.5) is 0 Å². The Balaban J connectivity index is 1.87. The highest BCUT2D eigenvalue weighted by Gasteiger charge is 2.39. The summed E-state index contributed by atoms with van der Waals surface area (Å²) in [7, 11) is 0. The highest BCUT2D eigenvalue weighted by atomic mass is 16.2. The van der Waals surface area contributed by atoms with Crippen molar-refractivity contribution in [2.75, 3.05) is 0 Å². The average molecular weight is 230 g/mol. The molecule has 0 unspecified atom stereocenters. The minimum atomic E-state index is -0.459. The lowest BCUT2D eigenvalue weighted by atomic mass is 10.1. The molecule has 17 heavy (non-hydrogen) atoms. The van der Waals surface area contributed by atoms with Gasteiger partial charge < -0.3 is 0 Å². The van der Waals surface area contributed by atoms with Gasteiger partial charge in [0.15, 0.2) is 0 Å². The van der Waals surface area contributed by atoms with E-state index in [1.54, 1.807) is 24.3 Å². The standard InChI is InChI=1S/C12H10N2O3/c15-10(7-5-6-7)13-14-11(16)8-3-1-2-4-9(8)12(14)17/h1-4,7H,5-6H2,(H,13,15). The van der Waals surface area contributed by atoms with Gasteiger partial charge in [0, 0.05) is 5.92 Å². The normalized spacial score (nSPS) is 18.2. The van der Waals surface area contributed by atoms with E-state index in [2.05, 4.69) is 5.43 Å². The van der Waals surface area contributed by atoms with Crippen LogP contribution in [0.1, 0.15) is 33.6 Å². The van der Waals surface area contributed by atoms with E-state index in [9.17, 15) is 14.4 Å². The van der Waals surface area contributed by atoms with Crippen LogP contribution in [0.5, 0.6) is 0 Å². The topological polar surface area (TPSA) is 66.5 Å². The molecule has 1 fully saturated rings. The highest BCUT2D eigenvalue weighted by molar-refractivity contribution is 6.21. The van der Waals surface area contributed by atoms with Gasteiger partial charge in [-0.15, -0.1) is 0 Å². The fraction of sp³-hybridized carbons (Fsp3) is 0.250. The highest BCUT2D eigenvalue weighted by Crippen LogP contribution is 2.29. The van der Waals surface area contributed by atoms with Crippen molar-refractivity contribution >= 4 is 17.7 Å². The number of hydrazine groups is 1. The number of fused-ring (bicyclic) bond motifs is 1. The SMILES string of the molecule is O=C(NN1C(=O)c2ccccc2C1=O)C1CC1. The molecule has 1 aliphatic carbocycles. The van der Waals surface area contributed by atoms with Crippen molar-refractivity contribution in [2.45, 2.75) is 12.8 Å². The number of rotatable bonds is 2. The summed E-state index contributed by atoms with van der Waals surface area (Å²) in [5.74, 6) is -1.21. The zero-order chi connectivity index (χ0) is 12.0. The Hall–Kier alpha value is -2.17. The lowest BCUT2D eigenvalue weighted by Gasteiger charge is -2.14. The summed E-state index contributed by atoms with van der Waals surface area (Å²) in [5, 5.41) is 0.811. The Morgan fingerprint density at radius 1 is 1.12 bits per heavy atom. The molecule has 3 rings (SSSR count). The number of nitrogens with one attached hydrogen (secondary N) is 1. The minimum Gasteiger partial charge on any atom is -0.273 e. The van der Waals surface area contributed by atoms with Crippen LogP contribution in [0.2, 0.25) is 0 Å². The molecule has 0 radical (unpaired) electrons. The van der Waals surface area contributed by atoms with Gasteiger partial charge in [0.1, 0.15) is 0 Å². The number of hydrogen-bond acceptors (Lipinski definition) is 3. The Labute approximate surface area is 97.4 Å². The Morgan fingerprint density at radius 3 is 2.12 bits per heavy atom. The average Bonchev–Trinajstić information content (AvgIpc) is 3.15. The lowest BCUT2D eigenvalue weighted by Crippen LogP contribution is -2.46. The molecule has 1 aromatic carbocycles. The van der Waals surface area contributed by atoms with Crippen LogP contribution in [0.3, 0.4) is 0 Å². The molecule has 86 valence electrons. The minimum absolute atomic E-state index is 0.0423. The number of imide groups is 1. The van der Waals surface area contributed by atoms with Crippen molar-refractivity contribution < 1.29 is 14.4 Å². The van der Waals surface area contributed by atoms with Crippen molar-refractivity contribution in [3.63, 3.8) is 0 Å². The van der Waals surface area contributed by atoms with Crippen LogP contribution in [0.15, 0.2) is 24.3 Å². The third kappa shape index (κ3) is 1.51. The maximum atomic E-state index is 11.9. The van der Waals surface area contributed by atoms with E-state index < -0.39 is 11.8 Å². The molecule has 5 nitrogen and oxygen atoms in total. The molecule has 3 amide bonds. The van der Waals surface area contributed by atoms with E-state index in [4.69, 9.17) is 0 Å². The van der Waals surface area contributed by atoms with E-state index in [-0.39, 0.29) is 11.8 Å². The molecule has 0 saturated heterocycles. The summed E-state index contributed by atoms with van der Waals surface area (Å²) in [6, 6.07) is 6.55. The van der Waals surface area contributed by atoms with Gasteiger partial charge in [-0.1, -0.05) is 12.1 Å². The number of nitrogens with zero attached hydrogens (tertiary/aromatic N) is 1. The summed E-state index contributed by atoms with van der Waals surface area (Å²) in [6.45, 7) is 0. The zero-order valence-electron chi connectivity index (χ0n) is 8.97.